The van der Waals surface area contributed by atoms with E-state index in [2.05, 4.69) is 82.5 Å². The Bertz CT molecular complexity index is 814. The molecule has 4 heteroatoms. The average Bonchev–Trinajstić information content (AvgIpc) is 3.13. The summed E-state index contributed by atoms with van der Waals surface area (Å²) < 4.78 is 7.10. The number of halogens is 1. The van der Waals surface area contributed by atoms with Crippen molar-refractivity contribution in [3.63, 3.8) is 0 Å². The topological polar surface area (TPSA) is 24.5 Å². The number of rotatable bonds is 7. The molecule has 1 atom stereocenters. The van der Waals surface area contributed by atoms with Crippen molar-refractivity contribution >= 4 is 21.6 Å². The van der Waals surface area contributed by atoms with Crippen LogP contribution in [0.2, 0.25) is 0 Å². The molecule has 2 aliphatic rings. The second-order valence-electron chi connectivity index (χ2n) is 8.86. The fourth-order valence-corrected chi connectivity index (χ4v) is 5.14. The summed E-state index contributed by atoms with van der Waals surface area (Å²) in [5, 5.41) is 3.56. The highest BCUT2D eigenvalue weighted by Crippen LogP contribution is 2.34. The molecule has 29 heavy (non-hydrogen) atoms. The van der Waals surface area contributed by atoms with Gasteiger partial charge in [-0.3, -0.25) is 0 Å². The van der Waals surface area contributed by atoms with Gasteiger partial charge in [-0.05, 0) is 100 Å². The Kier molecular flexibility index (Phi) is 6.81. The number of anilines is 1. The molecule has 1 N–H and O–H groups in total. The van der Waals surface area contributed by atoms with E-state index in [-0.39, 0.29) is 6.10 Å². The number of nitrogens with zero attached hydrogens (tertiary/aromatic N) is 1. The van der Waals surface area contributed by atoms with E-state index in [1.54, 1.807) is 0 Å². The maximum atomic E-state index is 5.89. The van der Waals surface area contributed by atoms with Gasteiger partial charge in [-0.25, -0.2) is 0 Å². The van der Waals surface area contributed by atoms with Gasteiger partial charge in [-0.1, -0.05) is 34.1 Å². The van der Waals surface area contributed by atoms with Gasteiger partial charge in [0.15, 0.2) is 0 Å². The zero-order valence-corrected chi connectivity index (χ0v) is 19.2. The molecular weight excluding hydrogens is 424 g/mol. The van der Waals surface area contributed by atoms with E-state index in [1.165, 1.54) is 60.2 Å². The van der Waals surface area contributed by atoms with Crippen molar-refractivity contribution < 1.29 is 4.74 Å². The number of nitrogens with one attached hydrogen (secondary N) is 1. The van der Waals surface area contributed by atoms with Crippen LogP contribution in [0.15, 0.2) is 46.9 Å². The Balaban J connectivity index is 1.25. The Morgan fingerprint density at radius 3 is 2.72 bits per heavy atom. The molecule has 4 rings (SSSR count). The van der Waals surface area contributed by atoms with Crippen molar-refractivity contribution in [3.05, 3.63) is 58.1 Å². The summed E-state index contributed by atoms with van der Waals surface area (Å²) in [5.74, 6) is 2.43. The maximum Gasteiger partial charge on any atom is 0.120 e. The van der Waals surface area contributed by atoms with Gasteiger partial charge in [-0.2, -0.15) is 0 Å². The fraction of sp³-hybridized carbons (Fsp3) is 0.520. The zero-order chi connectivity index (χ0) is 20.2. The van der Waals surface area contributed by atoms with Gasteiger partial charge in [-0.15, -0.1) is 0 Å². The minimum absolute atomic E-state index is 0.217. The first-order valence-corrected chi connectivity index (χ1v) is 11.9. The van der Waals surface area contributed by atoms with Crippen LogP contribution in [0.3, 0.4) is 0 Å². The highest BCUT2D eigenvalue weighted by molar-refractivity contribution is 9.10. The number of likely N-dealkylation sites (tertiary alicyclic amines) is 1. The molecule has 3 nitrogen and oxygen atoms in total. The number of para-hydroxylation sites is 1. The quantitative estimate of drug-likeness (QED) is 0.545. The Labute approximate surface area is 184 Å². The molecule has 0 amide bonds. The van der Waals surface area contributed by atoms with Gasteiger partial charge in [0.05, 0.1) is 6.10 Å². The molecule has 0 aromatic heterocycles. The van der Waals surface area contributed by atoms with Gasteiger partial charge >= 0.3 is 0 Å². The SMILES string of the molecule is CC(C)Oc1ccc(Br)c(CC2CCN(CCC3CNc4ccccc43)CC2)c1. The van der Waals surface area contributed by atoms with Gasteiger partial charge in [0.25, 0.3) is 0 Å². The molecule has 1 fully saturated rings. The summed E-state index contributed by atoms with van der Waals surface area (Å²) in [5.41, 5.74) is 4.23. The van der Waals surface area contributed by atoms with Crippen LogP contribution < -0.4 is 10.1 Å². The van der Waals surface area contributed by atoms with E-state index in [0.29, 0.717) is 5.92 Å². The van der Waals surface area contributed by atoms with Crippen molar-refractivity contribution in [2.75, 3.05) is 31.5 Å². The van der Waals surface area contributed by atoms with Gasteiger partial charge in [0.1, 0.15) is 5.75 Å². The van der Waals surface area contributed by atoms with Crippen molar-refractivity contribution in [1.29, 1.82) is 0 Å². The summed E-state index contributed by atoms with van der Waals surface area (Å²) >= 11 is 3.74. The van der Waals surface area contributed by atoms with Crippen LogP contribution in [-0.4, -0.2) is 37.2 Å². The lowest BCUT2D eigenvalue weighted by Crippen LogP contribution is -2.35. The van der Waals surface area contributed by atoms with Crippen LogP contribution in [0, 0.1) is 5.92 Å². The molecule has 0 aliphatic carbocycles. The Morgan fingerprint density at radius 2 is 1.93 bits per heavy atom. The van der Waals surface area contributed by atoms with E-state index >= 15 is 0 Å². The summed E-state index contributed by atoms with van der Waals surface area (Å²) in [6.45, 7) is 8.93. The monoisotopic (exact) mass is 456 g/mol. The summed E-state index contributed by atoms with van der Waals surface area (Å²) in [4.78, 5) is 2.67. The largest absolute Gasteiger partial charge is 0.491 e. The molecule has 0 bridgehead atoms. The first kappa shape index (κ1) is 20.7. The number of fused-ring (bicyclic) bond motifs is 1. The standard InChI is InChI=1S/C25H33BrN2O/c1-18(2)29-22-7-8-24(26)21(16-22)15-19-9-12-28(13-10-19)14-11-20-17-27-25-6-4-3-5-23(20)25/h3-8,16,18-20,27H,9-15,17H2,1-2H3. The van der Waals surface area contributed by atoms with Crippen LogP contribution in [-0.2, 0) is 6.42 Å². The third kappa shape index (κ3) is 5.35. The lowest BCUT2D eigenvalue weighted by Gasteiger charge is -2.32. The summed E-state index contributed by atoms with van der Waals surface area (Å²) in [6.07, 6.45) is 5.20. The average molecular weight is 457 g/mol. The van der Waals surface area contributed by atoms with Crippen molar-refractivity contribution in [2.24, 2.45) is 5.92 Å². The van der Waals surface area contributed by atoms with Crippen molar-refractivity contribution in [2.45, 2.75) is 51.6 Å². The second kappa shape index (κ2) is 9.53. The number of hydrogen-bond acceptors (Lipinski definition) is 3. The van der Waals surface area contributed by atoms with Crippen LogP contribution in [0.25, 0.3) is 0 Å². The number of benzene rings is 2. The molecule has 2 aromatic rings. The molecule has 156 valence electrons. The van der Waals surface area contributed by atoms with Crippen LogP contribution in [0.5, 0.6) is 5.75 Å². The van der Waals surface area contributed by atoms with Crippen LogP contribution >= 0.6 is 15.9 Å². The van der Waals surface area contributed by atoms with E-state index in [1.807, 2.05) is 0 Å². The van der Waals surface area contributed by atoms with Crippen molar-refractivity contribution in [3.8, 4) is 5.75 Å². The molecule has 0 saturated carbocycles. The van der Waals surface area contributed by atoms with E-state index in [4.69, 9.17) is 4.74 Å². The lowest BCUT2D eigenvalue weighted by molar-refractivity contribution is 0.179. The highest BCUT2D eigenvalue weighted by atomic mass is 79.9. The molecule has 2 heterocycles. The summed E-state index contributed by atoms with van der Waals surface area (Å²) in [7, 11) is 0. The molecule has 0 radical (unpaired) electrons. The minimum atomic E-state index is 0.217. The summed E-state index contributed by atoms with van der Waals surface area (Å²) in [6, 6.07) is 15.2. The normalized spacial score (nSPS) is 19.9. The molecule has 1 saturated heterocycles. The first-order valence-electron chi connectivity index (χ1n) is 11.1. The number of piperidine rings is 1. The number of ether oxygens (including phenoxy) is 1. The number of hydrogen-bond donors (Lipinski definition) is 1. The highest BCUT2D eigenvalue weighted by Gasteiger charge is 2.24. The van der Waals surface area contributed by atoms with E-state index < -0.39 is 0 Å². The van der Waals surface area contributed by atoms with Crippen LogP contribution in [0.1, 0.15) is 50.2 Å². The molecule has 1 unspecified atom stereocenters. The Hall–Kier alpha value is -1.52. The maximum absolute atomic E-state index is 5.89. The molecule has 0 spiro atoms. The minimum Gasteiger partial charge on any atom is -0.491 e. The predicted octanol–water partition coefficient (Wildman–Crippen LogP) is 6.09. The van der Waals surface area contributed by atoms with Gasteiger partial charge < -0.3 is 15.0 Å². The third-order valence-electron chi connectivity index (χ3n) is 6.34. The smallest absolute Gasteiger partial charge is 0.120 e. The predicted molar refractivity (Wildman–Crippen MR) is 125 cm³/mol. The van der Waals surface area contributed by atoms with Gasteiger partial charge in [0, 0.05) is 22.6 Å². The van der Waals surface area contributed by atoms with E-state index in [0.717, 1.165) is 24.6 Å². The Morgan fingerprint density at radius 1 is 1.14 bits per heavy atom. The molecule has 2 aliphatic heterocycles. The third-order valence-corrected chi connectivity index (χ3v) is 7.11. The second-order valence-corrected chi connectivity index (χ2v) is 9.72. The lowest BCUT2D eigenvalue weighted by atomic mass is 9.89. The zero-order valence-electron chi connectivity index (χ0n) is 17.7. The fourth-order valence-electron chi connectivity index (χ4n) is 4.73. The van der Waals surface area contributed by atoms with Crippen molar-refractivity contribution in [1.82, 2.24) is 4.90 Å². The van der Waals surface area contributed by atoms with Gasteiger partial charge in [0.2, 0.25) is 0 Å². The molecule has 2 aromatic carbocycles. The van der Waals surface area contributed by atoms with E-state index in [9.17, 15) is 0 Å². The first-order chi connectivity index (χ1) is 14.1. The molecular formula is C25H33BrN2O. The van der Waals surface area contributed by atoms with Crippen LogP contribution in [0.4, 0.5) is 5.69 Å².